The van der Waals surface area contributed by atoms with E-state index in [9.17, 15) is 4.79 Å². The fourth-order valence-corrected chi connectivity index (χ4v) is 2.09. The van der Waals surface area contributed by atoms with Crippen LogP contribution in [0.15, 0.2) is 42.5 Å². The molecule has 5 nitrogen and oxygen atoms in total. The van der Waals surface area contributed by atoms with Crippen molar-refractivity contribution >= 4 is 5.78 Å². The smallest absolute Gasteiger partial charge is 0.166 e. The minimum Gasteiger partial charge on any atom is -0.497 e. The number of hydrogen-bond acceptors (Lipinski definition) is 5. The molecule has 0 N–H and O–H groups in total. The molecule has 2 rings (SSSR count). The minimum atomic E-state index is -0.0144. The quantitative estimate of drug-likeness (QED) is 0.699. The number of hydrogen-bond donors (Lipinski definition) is 0. The zero-order valence-electron chi connectivity index (χ0n) is 13.5. The number of Topliss-reactive ketones (excluding diaryl/α,β-unsaturated/α-hetero) is 1. The molecule has 0 atom stereocenters. The molecule has 0 aliphatic rings. The molecule has 23 heavy (non-hydrogen) atoms. The van der Waals surface area contributed by atoms with E-state index in [2.05, 4.69) is 0 Å². The van der Waals surface area contributed by atoms with E-state index in [-0.39, 0.29) is 12.2 Å². The Hall–Kier alpha value is -2.69. The van der Waals surface area contributed by atoms with Crippen LogP contribution in [0.1, 0.15) is 16.8 Å². The maximum absolute atomic E-state index is 12.2. The number of benzene rings is 2. The lowest BCUT2D eigenvalue weighted by Crippen LogP contribution is -2.07. The predicted octanol–water partition coefficient (Wildman–Crippen LogP) is 3.36. The highest BCUT2D eigenvalue weighted by Gasteiger charge is 2.11. The molecule has 0 aromatic heterocycles. The Kier molecular flexibility index (Phi) is 5.86. The molecule has 2 aromatic rings. The van der Waals surface area contributed by atoms with E-state index < -0.39 is 0 Å². The van der Waals surface area contributed by atoms with Crippen molar-refractivity contribution in [3.8, 4) is 23.0 Å². The first-order valence-electron chi connectivity index (χ1n) is 7.20. The van der Waals surface area contributed by atoms with Gasteiger partial charge in [-0.25, -0.2) is 0 Å². The Morgan fingerprint density at radius 3 is 2.09 bits per heavy atom. The van der Waals surface area contributed by atoms with Crippen LogP contribution in [0.25, 0.3) is 0 Å². The maximum atomic E-state index is 12.2. The molecule has 0 bridgehead atoms. The minimum absolute atomic E-state index is 0.0144. The van der Waals surface area contributed by atoms with Gasteiger partial charge in [-0.15, -0.1) is 0 Å². The number of methoxy groups -OCH3 is 3. The summed E-state index contributed by atoms with van der Waals surface area (Å²) >= 11 is 0. The highest BCUT2D eigenvalue weighted by molar-refractivity contribution is 5.96. The Morgan fingerprint density at radius 1 is 0.826 bits per heavy atom. The van der Waals surface area contributed by atoms with Gasteiger partial charge in [0.05, 0.1) is 27.9 Å². The summed E-state index contributed by atoms with van der Waals surface area (Å²) in [4.78, 5) is 12.2. The average molecular weight is 316 g/mol. The third-order valence-corrected chi connectivity index (χ3v) is 3.36. The van der Waals surface area contributed by atoms with Gasteiger partial charge >= 0.3 is 0 Å². The Morgan fingerprint density at radius 2 is 1.48 bits per heavy atom. The Balaban J connectivity index is 1.91. The topological polar surface area (TPSA) is 54.0 Å². The largest absolute Gasteiger partial charge is 0.497 e. The van der Waals surface area contributed by atoms with Gasteiger partial charge in [0.15, 0.2) is 17.3 Å². The van der Waals surface area contributed by atoms with Crippen molar-refractivity contribution in [2.75, 3.05) is 27.9 Å². The molecular formula is C18H20O5. The normalized spacial score (nSPS) is 10.0. The van der Waals surface area contributed by atoms with Gasteiger partial charge in [0.2, 0.25) is 0 Å². The summed E-state index contributed by atoms with van der Waals surface area (Å²) in [6, 6.07) is 12.3. The monoisotopic (exact) mass is 316 g/mol. The van der Waals surface area contributed by atoms with Crippen LogP contribution in [0.4, 0.5) is 0 Å². The molecule has 0 amide bonds. The first kappa shape index (κ1) is 16.7. The van der Waals surface area contributed by atoms with E-state index in [0.29, 0.717) is 29.4 Å². The van der Waals surface area contributed by atoms with Gasteiger partial charge in [0.1, 0.15) is 11.5 Å². The molecule has 0 aliphatic heterocycles. The molecule has 2 aromatic carbocycles. The lowest BCUT2D eigenvalue weighted by Gasteiger charge is -2.10. The summed E-state index contributed by atoms with van der Waals surface area (Å²) in [7, 11) is 4.71. The molecular weight excluding hydrogens is 296 g/mol. The van der Waals surface area contributed by atoms with Crippen molar-refractivity contribution < 1.29 is 23.7 Å². The summed E-state index contributed by atoms with van der Waals surface area (Å²) in [6.45, 7) is 0.305. The number of carbonyl (C=O) groups is 1. The number of ether oxygens (including phenoxy) is 4. The SMILES string of the molecule is COc1ccc(OCCC(=O)c2ccc(OC)c(OC)c2)cc1. The van der Waals surface area contributed by atoms with Crippen LogP contribution in [0.3, 0.4) is 0 Å². The summed E-state index contributed by atoms with van der Waals surface area (Å²) in [6.07, 6.45) is 0.279. The lowest BCUT2D eigenvalue weighted by atomic mass is 10.1. The molecule has 0 fully saturated rings. The summed E-state index contributed by atoms with van der Waals surface area (Å²) in [5, 5.41) is 0. The van der Waals surface area contributed by atoms with Gasteiger partial charge < -0.3 is 18.9 Å². The highest BCUT2D eigenvalue weighted by atomic mass is 16.5. The summed E-state index contributed by atoms with van der Waals surface area (Å²) < 4.78 is 21.0. The predicted molar refractivity (Wildman–Crippen MR) is 87.0 cm³/mol. The first-order chi connectivity index (χ1) is 11.2. The third-order valence-electron chi connectivity index (χ3n) is 3.36. The number of carbonyl (C=O) groups excluding carboxylic acids is 1. The molecule has 122 valence electrons. The zero-order valence-corrected chi connectivity index (χ0v) is 13.5. The van der Waals surface area contributed by atoms with Crippen LogP contribution >= 0.6 is 0 Å². The second-order valence-electron chi connectivity index (χ2n) is 4.77. The third kappa shape index (κ3) is 4.39. The van der Waals surface area contributed by atoms with Gasteiger partial charge in [0, 0.05) is 12.0 Å². The van der Waals surface area contributed by atoms with Gasteiger partial charge in [-0.1, -0.05) is 0 Å². The van der Waals surface area contributed by atoms with E-state index in [0.717, 1.165) is 5.75 Å². The molecule has 0 aliphatic carbocycles. The lowest BCUT2D eigenvalue weighted by molar-refractivity contribution is 0.0961. The number of ketones is 1. The molecule has 0 saturated heterocycles. The van der Waals surface area contributed by atoms with E-state index in [1.165, 1.54) is 0 Å². The van der Waals surface area contributed by atoms with E-state index in [4.69, 9.17) is 18.9 Å². The standard InChI is InChI=1S/C18H20O5/c1-20-14-5-7-15(8-6-14)23-11-10-16(19)13-4-9-17(21-2)18(12-13)22-3/h4-9,12H,10-11H2,1-3H3. The maximum Gasteiger partial charge on any atom is 0.166 e. The molecule has 5 heteroatoms. The molecule has 0 saturated carbocycles. The highest BCUT2D eigenvalue weighted by Crippen LogP contribution is 2.28. The summed E-state index contributed by atoms with van der Waals surface area (Å²) in [5.41, 5.74) is 0.570. The zero-order chi connectivity index (χ0) is 16.7. The van der Waals surface area contributed by atoms with Crippen LogP contribution in [0.5, 0.6) is 23.0 Å². The second-order valence-corrected chi connectivity index (χ2v) is 4.77. The van der Waals surface area contributed by atoms with Crippen LogP contribution in [-0.4, -0.2) is 33.7 Å². The van der Waals surface area contributed by atoms with Crippen molar-refractivity contribution in [2.24, 2.45) is 0 Å². The van der Waals surface area contributed by atoms with Crippen LogP contribution in [0.2, 0.25) is 0 Å². The fourth-order valence-electron chi connectivity index (χ4n) is 2.09. The van der Waals surface area contributed by atoms with E-state index in [1.54, 1.807) is 51.7 Å². The molecule has 0 radical (unpaired) electrons. The van der Waals surface area contributed by atoms with Gasteiger partial charge in [-0.05, 0) is 42.5 Å². The van der Waals surface area contributed by atoms with Gasteiger partial charge in [-0.3, -0.25) is 4.79 Å². The van der Waals surface area contributed by atoms with E-state index >= 15 is 0 Å². The van der Waals surface area contributed by atoms with Gasteiger partial charge in [-0.2, -0.15) is 0 Å². The van der Waals surface area contributed by atoms with Gasteiger partial charge in [0.25, 0.3) is 0 Å². The average Bonchev–Trinajstić information content (AvgIpc) is 2.61. The number of rotatable bonds is 8. The fraction of sp³-hybridized carbons (Fsp3) is 0.278. The van der Waals surface area contributed by atoms with Crippen LogP contribution in [0, 0.1) is 0 Å². The van der Waals surface area contributed by atoms with Crippen molar-refractivity contribution in [3.63, 3.8) is 0 Å². The Bertz CT molecular complexity index is 649. The molecule has 0 spiro atoms. The first-order valence-corrected chi connectivity index (χ1v) is 7.20. The van der Waals surface area contributed by atoms with Crippen LogP contribution < -0.4 is 18.9 Å². The molecule has 0 unspecified atom stereocenters. The molecule has 0 heterocycles. The van der Waals surface area contributed by atoms with Crippen molar-refractivity contribution in [1.82, 2.24) is 0 Å². The van der Waals surface area contributed by atoms with Crippen molar-refractivity contribution in [1.29, 1.82) is 0 Å². The van der Waals surface area contributed by atoms with Crippen LogP contribution in [-0.2, 0) is 0 Å². The summed E-state index contributed by atoms with van der Waals surface area (Å²) in [5.74, 6) is 2.58. The Labute approximate surface area is 135 Å². The van der Waals surface area contributed by atoms with E-state index in [1.807, 2.05) is 12.1 Å². The van der Waals surface area contributed by atoms with Crippen molar-refractivity contribution in [2.45, 2.75) is 6.42 Å². The van der Waals surface area contributed by atoms with Crippen molar-refractivity contribution in [3.05, 3.63) is 48.0 Å². The second kappa shape index (κ2) is 8.08.